The second kappa shape index (κ2) is 3.30. The van der Waals surface area contributed by atoms with E-state index in [4.69, 9.17) is 0 Å². The van der Waals surface area contributed by atoms with Gasteiger partial charge in [0.1, 0.15) is 6.67 Å². The Kier molecular flexibility index (Phi) is 2.63. The van der Waals surface area contributed by atoms with E-state index in [-0.39, 0.29) is 6.67 Å². The number of nitrogens with one attached hydrogen (secondary N) is 1. The van der Waals surface area contributed by atoms with Crippen molar-refractivity contribution in [2.24, 2.45) is 0 Å². The number of alkyl halides is 1. The van der Waals surface area contributed by atoms with E-state index in [1.165, 1.54) is 12.8 Å². The molecule has 1 aliphatic rings. The van der Waals surface area contributed by atoms with Crippen LogP contribution >= 0.6 is 11.9 Å². The topological polar surface area (TPSA) is 12.0 Å². The molecule has 0 unspecified atom stereocenters. The van der Waals surface area contributed by atoms with Crippen LogP contribution in [0.15, 0.2) is 0 Å². The highest BCUT2D eigenvalue weighted by atomic mass is 32.2. The van der Waals surface area contributed by atoms with Gasteiger partial charge in [-0.25, -0.2) is 4.39 Å². The minimum absolute atomic E-state index is 0.250. The lowest BCUT2D eigenvalue weighted by atomic mass is 10.8. The van der Waals surface area contributed by atoms with Crippen molar-refractivity contribution >= 4 is 11.9 Å². The van der Waals surface area contributed by atoms with E-state index < -0.39 is 0 Å². The molecule has 0 aliphatic heterocycles. The highest BCUT2D eigenvalue weighted by Gasteiger charge is 2.21. The average Bonchev–Trinajstić information content (AvgIpc) is 2.51. The highest BCUT2D eigenvalue weighted by Crippen LogP contribution is 2.31. The summed E-state index contributed by atoms with van der Waals surface area (Å²) in [6.45, 7) is 0.251. The molecular weight excluding hydrogens is 125 g/mol. The molecule has 1 nitrogen and oxygen atoms in total. The van der Waals surface area contributed by atoms with E-state index >= 15 is 0 Å². The van der Waals surface area contributed by atoms with Crippen molar-refractivity contribution in [1.82, 2.24) is 4.72 Å². The number of hydrogen-bond acceptors (Lipinski definition) is 2. The molecule has 1 aliphatic carbocycles. The second-order valence-corrected chi connectivity index (χ2v) is 3.09. The SMILES string of the molecule is FCCNSC1CC1. The van der Waals surface area contributed by atoms with Crippen LogP contribution in [0.1, 0.15) is 12.8 Å². The van der Waals surface area contributed by atoms with Crippen LogP contribution < -0.4 is 4.72 Å². The molecule has 0 radical (unpaired) electrons. The molecule has 1 saturated carbocycles. The molecule has 0 aromatic heterocycles. The Morgan fingerprint density at radius 1 is 1.62 bits per heavy atom. The molecule has 0 heterocycles. The third kappa shape index (κ3) is 2.52. The first kappa shape index (κ1) is 6.36. The summed E-state index contributed by atoms with van der Waals surface area (Å²) >= 11 is 1.68. The van der Waals surface area contributed by atoms with E-state index in [2.05, 4.69) is 4.72 Å². The third-order valence-electron chi connectivity index (χ3n) is 0.971. The van der Waals surface area contributed by atoms with Crippen LogP contribution in [-0.4, -0.2) is 18.5 Å². The second-order valence-electron chi connectivity index (χ2n) is 1.90. The minimum atomic E-state index is -0.250. The first-order valence-corrected chi connectivity index (χ1v) is 3.76. The van der Waals surface area contributed by atoms with Crippen molar-refractivity contribution in [3.05, 3.63) is 0 Å². The molecule has 1 fully saturated rings. The van der Waals surface area contributed by atoms with Crippen LogP contribution in [0.25, 0.3) is 0 Å². The van der Waals surface area contributed by atoms with Crippen LogP contribution in [0.4, 0.5) is 4.39 Å². The van der Waals surface area contributed by atoms with Gasteiger partial charge in [-0.2, -0.15) is 0 Å². The Labute approximate surface area is 53.2 Å². The van der Waals surface area contributed by atoms with Gasteiger partial charge in [-0.1, -0.05) is 11.9 Å². The summed E-state index contributed by atoms with van der Waals surface area (Å²) in [4.78, 5) is 0. The lowest BCUT2D eigenvalue weighted by Gasteiger charge is -1.95. The first-order valence-electron chi connectivity index (χ1n) is 2.88. The zero-order valence-electron chi connectivity index (χ0n) is 4.69. The van der Waals surface area contributed by atoms with Gasteiger partial charge >= 0.3 is 0 Å². The molecule has 1 rings (SSSR count). The molecule has 48 valence electrons. The maximum Gasteiger partial charge on any atom is 0.103 e. The van der Waals surface area contributed by atoms with Gasteiger partial charge in [-0.3, -0.25) is 4.72 Å². The quantitative estimate of drug-likeness (QED) is 0.461. The van der Waals surface area contributed by atoms with Gasteiger partial charge in [0.05, 0.1) is 0 Å². The standard InChI is InChI=1S/C5H10FNS/c6-3-4-7-8-5-1-2-5/h5,7H,1-4H2. The highest BCUT2D eigenvalue weighted by molar-refractivity contribution is 7.98. The molecule has 0 aromatic carbocycles. The fourth-order valence-corrected chi connectivity index (χ4v) is 1.20. The van der Waals surface area contributed by atoms with Gasteiger partial charge in [-0.05, 0) is 12.8 Å². The predicted molar refractivity (Wildman–Crippen MR) is 34.6 cm³/mol. The first-order chi connectivity index (χ1) is 3.93. The Bertz CT molecular complexity index is 65.4. The molecule has 0 spiro atoms. The Morgan fingerprint density at radius 2 is 2.38 bits per heavy atom. The van der Waals surface area contributed by atoms with Gasteiger partial charge in [0.2, 0.25) is 0 Å². The molecule has 0 saturated heterocycles. The Balaban J connectivity index is 1.74. The molecule has 0 amide bonds. The Morgan fingerprint density at radius 3 is 2.88 bits per heavy atom. The van der Waals surface area contributed by atoms with E-state index in [9.17, 15) is 4.39 Å². The van der Waals surface area contributed by atoms with Crippen molar-refractivity contribution < 1.29 is 4.39 Å². The number of hydrogen-bond donors (Lipinski definition) is 1. The third-order valence-corrected chi connectivity index (χ3v) is 2.15. The summed E-state index contributed by atoms with van der Waals surface area (Å²) in [6.07, 6.45) is 2.62. The van der Waals surface area contributed by atoms with Crippen LogP contribution in [0, 0.1) is 0 Å². The van der Waals surface area contributed by atoms with E-state index in [0.29, 0.717) is 6.54 Å². The van der Waals surface area contributed by atoms with E-state index in [0.717, 1.165) is 5.25 Å². The van der Waals surface area contributed by atoms with Crippen LogP contribution in [0.2, 0.25) is 0 Å². The van der Waals surface area contributed by atoms with Gasteiger partial charge < -0.3 is 0 Å². The smallest absolute Gasteiger partial charge is 0.103 e. The summed E-state index contributed by atoms with van der Waals surface area (Å²) in [7, 11) is 0. The van der Waals surface area contributed by atoms with Crippen molar-refractivity contribution in [2.45, 2.75) is 18.1 Å². The van der Waals surface area contributed by atoms with Crippen molar-refractivity contribution in [1.29, 1.82) is 0 Å². The predicted octanol–water partition coefficient (Wildman–Crippen LogP) is 1.36. The summed E-state index contributed by atoms with van der Waals surface area (Å²) < 4.78 is 14.3. The molecule has 3 heteroatoms. The monoisotopic (exact) mass is 135 g/mol. The van der Waals surface area contributed by atoms with Gasteiger partial charge in [0, 0.05) is 11.8 Å². The summed E-state index contributed by atoms with van der Waals surface area (Å²) in [5.74, 6) is 0. The van der Waals surface area contributed by atoms with Gasteiger partial charge in [0.15, 0.2) is 0 Å². The number of halogens is 1. The molecule has 0 atom stereocenters. The lowest BCUT2D eigenvalue weighted by molar-refractivity contribution is 0.496. The fraction of sp³-hybridized carbons (Fsp3) is 1.00. The van der Waals surface area contributed by atoms with Crippen molar-refractivity contribution in [2.75, 3.05) is 13.2 Å². The maximum absolute atomic E-state index is 11.4. The largest absolute Gasteiger partial charge is 0.261 e. The summed E-state index contributed by atoms with van der Waals surface area (Å²) in [5, 5.41) is 0.793. The summed E-state index contributed by atoms with van der Waals surface area (Å²) in [5.41, 5.74) is 0. The van der Waals surface area contributed by atoms with E-state index in [1.807, 2.05) is 0 Å². The van der Waals surface area contributed by atoms with Crippen LogP contribution in [0.5, 0.6) is 0 Å². The maximum atomic E-state index is 11.4. The van der Waals surface area contributed by atoms with Gasteiger partial charge in [-0.15, -0.1) is 0 Å². The zero-order chi connectivity index (χ0) is 5.82. The van der Waals surface area contributed by atoms with Crippen LogP contribution in [0.3, 0.4) is 0 Å². The summed E-state index contributed by atoms with van der Waals surface area (Å²) in [6, 6.07) is 0. The van der Waals surface area contributed by atoms with E-state index in [1.54, 1.807) is 11.9 Å². The molecular formula is C5H10FNS. The molecule has 0 bridgehead atoms. The van der Waals surface area contributed by atoms with Crippen LogP contribution in [-0.2, 0) is 0 Å². The Hall–Kier alpha value is 0.240. The fourth-order valence-electron chi connectivity index (χ4n) is 0.401. The average molecular weight is 135 g/mol. The number of rotatable bonds is 4. The lowest BCUT2D eigenvalue weighted by Crippen LogP contribution is -2.07. The molecule has 0 aromatic rings. The van der Waals surface area contributed by atoms with Crippen molar-refractivity contribution in [3.63, 3.8) is 0 Å². The molecule has 8 heavy (non-hydrogen) atoms. The zero-order valence-corrected chi connectivity index (χ0v) is 5.51. The normalized spacial score (nSPS) is 19.1. The van der Waals surface area contributed by atoms with Gasteiger partial charge in [0.25, 0.3) is 0 Å². The minimum Gasteiger partial charge on any atom is -0.261 e. The van der Waals surface area contributed by atoms with Crippen molar-refractivity contribution in [3.8, 4) is 0 Å². The molecule has 1 N–H and O–H groups in total.